The zero-order chi connectivity index (χ0) is 10.4. The molecule has 1 rings (SSSR count). The molecule has 82 valence electrons. The Labute approximate surface area is 85.0 Å². The molecule has 1 aliphatic carbocycles. The second-order valence-corrected chi connectivity index (χ2v) is 3.70. The molecular weight excluding hydrogens is 182 g/mol. The standard InChI is InChI=1S/C10H19NO3/c1-13-8-7-11-10(9(12)14-2)5-3-4-6-10/h11H,3-8H2,1-2H3. The smallest absolute Gasteiger partial charge is 0.326 e. The first-order valence-electron chi connectivity index (χ1n) is 5.07. The van der Waals surface area contributed by atoms with E-state index in [9.17, 15) is 4.79 Å². The van der Waals surface area contributed by atoms with Gasteiger partial charge in [0, 0.05) is 13.7 Å². The van der Waals surface area contributed by atoms with Gasteiger partial charge in [0.05, 0.1) is 13.7 Å². The third kappa shape index (κ3) is 2.45. The molecule has 0 aromatic carbocycles. The summed E-state index contributed by atoms with van der Waals surface area (Å²) < 4.78 is 9.77. The molecule has 4 heteroatoms. The summed E-state index contributed by atoms with van der Waals surface area (Å²) >= 11 is 0. The Morgan fingerprint density at radius 3 is 2.50 bits per heavy atom. The SMILES string of the molecule is COCCNC1(C(=O)OC)CCCC1. The zero-order valence-corrected chi connectivity index (χ0v) is 8.97. The van der Waals surface area contributed by atoms with Crippen LogP contribution in [0.15, 0.2) is 0 Å². The maximum absolute atomic E-state index is 11.6. The van der Waals surface area contributed by atoms with Crippen molar-refractivity contribution in [2.75, 3.05) is 27.4 Å². The van der Waals surface area contributed by atoms with E-state index in [1.54, 1.807) is 7.11 Å². The minimum Gasteiger partial charge on any atom is -0.468 e. The predicted molar refractivity (Wildman–Crippen MR) is 53.1 cm³/mol. The van der Waals surface area contributed by atoms with Crippen LogP contribution >= 0.6 is 0 Å². The van der Waals surface area contributed by atoms with Gasteiger partial charge in [-0.3, -0.25) is 10.1 Å². The maximum atomic E-state index is 11.6. The Hall–Kier alpha value is -0.610. The van der Waals surface area contributed by atoms with Crippen LogP contribution < -0.4 is 5.32 Å². The lowest BCUT2D eigenvalue weighted by atomic mass is 9.98. The van der Waals surface area contributed by atoms with Gasteiger partial charge in [0.2, 0.25) is 0 Å². The van der Waals surface area contributed by atoms with E-state index in [2.05, 4.69) is 5.32 Å². The summed E-state index contributed by atoms with van der Waals surface area (Å²) in [6, 6.07) is 0. The van der Waals surface area contributed by atoms with Crippen LogP contribution in [-0.4, -0.2) is 38.9 Å². The Kier molecular flexibility index (Phi) is 4.35. The van der Waals surface area contributed by atoms with E-state index in [0.29, 0.717) is 13.2 Å². The summed E-state index contributed by atoms with van der Waals surface area (Å²) in [5, 5.41) is 3.25. The van der Waals surface area contributed by atoms with E-state index >= 15 is 0 Å². The number of carbonyl (C=O) groups is 1. The minimum atomic E-state index is -0.437. The molecule has 0 aromatic rings. The molecule has 4 nitrogen and oxygen atoms in total. The van der Waals surface area contributed by atoms with Crippen molar-refractivity contribution in [2.45, 2.75) is 31.2 Å². The molecular formula is C10H19NO3. The Morgan fingerprint density at radius 1 is 1.36 bits per heavy atom. The van der Waals surface area contributed by atoms with Gasteiger partial charge in [-0.05, 0) is 12.8 Å². The van der Waals surface area contributed by atoms with Crippen molar-refractivity contribution in [2.24, 2.45) is 0 Å². The third-order valence-electron chi connectivity index (χ3n) is 2.80. The van der Waals surface area contributed by atoms with Crippen LogP contribution in [-0.2, 0) is 14.3 Å². The highest BCUT2D eigenvalue weighted by Gasteiger charge is 2.41. The number of hydrogen-bond acceptors (Lipinski definition) is 4. The largest absolute Gasteiger partial charge is 0.468 e. The molecule has 0 amide bonds. The van der Waals surface area contributed by atoms with E-state index in [1.165, 1.54) is 7.11 Å². The van der Waals surface area contributed by atoms with E-state index in [0.717, 1.165) is 25.7 Å². The van der Waals surface area contributed by atoms with Gasteiger partial charge < -0.3 is 9.47 Å². The normalized spacial score (nSPS) is 19.6. The number of rotatable bonds is 5. The molecule has 1 aliphatic rings. The van der Waals surface area contributed by atoms with Crippen molar-refractivity contribution in [3.8, 4) is 0 Å². The topological polar surface area (TPSA) is 47.6 Å². The fourth-order valence-corrected chi connectivity index (χ4v) is 2.02. The van der Waals surface area contributed by atoms with Crippen LogP contribution in [0.2, 0.25) is 0 Å². The summed E-state index contributed by atoms with van der Waals surface area (Å²) in [5.41, 5.74) is -0.437. The average molecular weight is 201 g/mol. The molecule has 0 saturated heterocycles. The van der Waals surface area contributed by atoms with Gasteiger partial charge in [0.15, 0.2) is 0 Å². The lowest BCUT2D eigenvalue weighted by molar-refractivity contribution is -0.148. The van der Waals surface area contributed by atoms with Crippen molar-refractivity contribution in [3.05, 3.63) is 0 Å². The second kappa shape index (κ2) is 5.32. The summed E-state index contributed by atoms with van der Waals surface area (Å²) in [6.07, 6.45) is 3.94. The van der Waals surface area contributed by atoms with Crippen LogP contribution in [0, 0.1) is 0 Å². The number of carbonyl (C=O) groups excluding carboxylic acids is 1. The van der Waals surface area contributed by atoms with Crippen molar-refractivity contribution < 1.29 is 14.3 Å². The van der Waals surface area contributed by atoms with Crippen LogP contribution in [0.4, 0.5) is 0 Å². The molecule has 0 spiro atoms. The zero-order valence-electron chi connectivity index (χ0n) is 8.97. The van der Waals surface area contributed by atoms with Crippen molar-refractivity contribution in [1.29, 1.82) is 0 Å². The van der Waals surface area contributed by atoms with Crippen LogP contribution in [0.1, 0.15) is 25.7 Å². The molecule has 0 bridgehead atoms. The highest BCUT2D eigenvalue weighted by molar-refractivity contribution is 5.81. The third-order valence-corrected chi connectivity index (χ3v) is 2.80. The lowest BCUT2D eigenvalue weighted by Gasteiger charge is -2.27. The van der Waals surface area contributed by atoms with Gasteiger partial charge in [-0.2, -0.15) is 0 Å². The first-order chi connectivity index (χ1) is 6.75. The highest BCUT2D eigenvalue weighted by Crippen LogP contribution is 2.30. The molecule has 0 atom stereocenters. The quantitative estimate of drug-likeness (QED) is 0.525. The summed E-state index contributed by atoms with van der Waals surface area (Å²) in [4.78, 5) is 11.6. The molecule has 0 unspecified atom stereocenters. The number of ether oxygens (including phenoxy) is 2. The molecule has 1 saturated carbocycles. The molecule has 0 heterocycles. The van der Waals surface area contributed by atoms with Gasteiger partial charge in [0.1, 0.15) is 5.54 Å². The minimum absolute atomic E-state index is 0.133. The Balaban J connectivity index is 2.49. The van der Waals surface area contributed by atoms with E-state index in [1.807, 2.05) is 0 Å². The molecule has 1 N–H and O–H groups in total. The fourth-order valence-electron chi connectivity index (χ4n) is 2.02. The van der Waals surface area contributed by atoms with Crippen molar-refractivity contribution in [1.82, 2.24) is 5.32 Å². The summed E-state index contributed by atoms with van der Waals surface area (Å²) in [5.74, 6) is -0.133. The first-order valence-corrected chi connectivity index (χ1v) is 5.07. The van der Waals surface area contributed by atoms with Gasteiger partial charge in [0.25, 0.3) is 0 Å². The highest BCUT2D eigenvalue weighted by atomic mass is 16.5. The van der Waals surface area contributed by atoms with Crippen molar-refractivity contribution in [3.63, 3.8) is 0 Å². The van der Waals surface area contributed by atoms with Gasteiger partial charge >= 0.3 is 5.97 Å². The summed E-state index contributed by atoms with van der Waals surface area (Å²) in [6.45, 7) is 1.32. The number of methoxy groups -OCH3 is 2. The number of nitrogens with one attached hydrogen (secondary N) is 1. The monoisotopic (exact) mass is 201 g/mol. The first kappa shape index (κ1) is 11.5. The van der Waals surface area contributed by atoms with Crippen LogP contribution in [0.5, 0.6) is 0 Å². The van der Waals surface area contributed by atoms with Gasteiger partial charge in [-0.25, -0.2) is 0 Å². The van der Waals surface area contributed by atoms with E-state index in [4.69, 9.17) is 9.47 Å². The van der Waals surface area contributed by atoms with Crippen LogP contribution in [0.3, 0.4) is 0 Å². The molecule has 0 radical (unpaired) electrons. The van der Waals surface area contributed by atoms with Crippen molar-refractivity contribution >= 4 is 5.97 Å². The molecule has 14 heavy (non-hydrogen) atoms. The predicted octanol–water partition coefficient (Wildman–Crippen LogP) is 0.708. The lowest BCUT2D eigenvalue weighted by Crippen LogP contribution is -2.51. The van der Waals surface area contributed by atoms with Gasteiger partial charge in [-0.1, -0.05) is 12.8 Å². The Morgan fingerprint density at radius 2 is 2.00 bits per heavy atom. The Bertz CT molecular complexity index is 188. The fraction of sp³-hybridized carbons (Fsp3) is 0.900. The average Bonchev–Trinajstić information content (AvgIpc) is 2.67. The maximum Gasteiger partial charge on any atom is 0.326 e. The second-order valence-electron chi connectivity index (χ2n) is 3.70. The molecule has 0 aromatic heterocycles. The van der Waals surface area contributed by atoms with Gasteiger partial charge in [-0.15, -0.1) is 0 Å². The number of esters is 1. The van der Waals surface area contributed by atoms with Crippen LogP contribution in [0.25, 0.3) is 0 Å². The van der Waals surface area contributed by atoms with E-state index in [-0.39, 0.29) is 5.97 Å². The molecule has 0 aliphatic heterocycles. The van der Waals surface area contributed by atoms with E-state index < -0.39 is 5.54 Å². The summed E-state index contributed by atoms with van der Waals surface area (Å²) in [7, 11) is 3.10. The molecule has 1 fully saturated rings. The number of hydrogen-bond donors (Lipinski definition) is 1.